The van der Waals surface area contributed by atoms with Crippen LogP contribution in [0.3, 0.4) is 0 Å². The predicted octanol–water partition coefficient (Wildman–Crippen LogP) is 2.62. The molecule has 0 aliphatic heterocycles. The van der Waals surface area contributed by atoms with Crippen LogP contribution in [0.4, 0.5) is 10.1 Å². The summed E-state index contributed by atoms with van der Waals surface area (Å²) in [5.74, 6) is -1.49. The number of halogens is 2. The quantitative estimate of drug-likeness (QED) is 0.369. The van der Waals surface area contributed by atoms with E-state index >= 15 is 0 Å². The zero-order chi connectivity index (χ0) is 11.6. The van der Waals surface area contributed by atoms with Gasteiger partial charge in [-0.2, -0.15) is 4.39 Å². The molecule has 1 aromatic rings. The van der Waals surface area contributed by atoms with E-state index in [1.807, 2.05) is 0 Å². The molecule has 0 radical (unpaired) electrons. The Morgan fingerprint density at radius 1 is 1.60 bits per heavy atom. The fourth-order valence-electron chi connectivity index (χ4n) is 1.26. The maximum absolute atomic E-state index is 13.2. The van der Waals surface area contributed by atoms with Gasteiger partial charge in [0.2, 0.25) is 5.82 Å². The number of carbonyl (C=O) groups is 1. The highest BCUT2D eigenvalue weighted by Crippen LogP contribution is 2.26. The summed E-state index contributed by atoms with van der Waals surface area (Å²) in [5, 5.41) is 10.5. The Labute approximate surface area is 93.4 Å². The molecule has 0 bridgehead atoms. The lowest BCUT2D eigenvalue weighted by molar-refractivity contribution is -0.387. The average Bonchev–Trinajstić information content (AvgIpc) is 2.19. The van der Waals surface area contributed by atoms with E-state index in [0.717, 1.165) is 6.07 Å². The topological polar surface area (TPSA) is 60.2 Å². The first-order valence-corrected chi connectivity index (χ1v) is 5.13. The fourth-order valence-corrected chi connectivity index (χ4v) is 1.54. The van der Waals surface area contributed by atoms with E-state index in [4.69, 9.17) is 0 Å². The second kappa shape index (κ2) is 4.48. The number of nitrogens with zero attached hydrogens (tertiary/aromatic N) is 1. The molecule has 0 saturated carbocycles. The number of nitro benzene ring substituents is 1. The molecule has 4 nitrogen and oxygen atoms in total. The Kier molecular flexibility index (Phi) is 3.52. The molecule has 1 rings (SSSR count). The monoisotopic (exact) mass is 275 g/mol. The number of rotatable bonds is 3. The molecule has 0 atom stereocenters. The van der Waals surface area contributed by atoms with Gasteiger partial charge in [-0.05, 0) is 18.6 Å². The van der Waals surface area contributed by atoms with Gasteiger partial charge in [-0.15, -0.1) is 0 Å². The standard InChI is InChI=1S/C9H7BrFNO3/c1-5-2-3-6(11)9(12(14)15)8(5)7(13)4-10/h2-3H,4H2,1H3. The number of hydrogen-bond donors (Lipinski definition) is 0. The van der Waals surface area contributed by atoms with Gasteiger partial charge in [0, 0.05) is 0 Å². The van der Waals surface area contributed by atoms with Crippen LogP contribution in [0.15, 0.2) is 12.1 Å². The van der Waals surface area contributed by atoms with E-state index in [-0.39, 0.29) is 10.9 Å². The summed E-state index contributed by atoms with van der Waals surface area (Å²) >= 11 is 2.90. The van der Waals surface area contributed by atoms with Gasteiger partial charge in [-0.1, -0.05) is 22.0 Å². The van der Waals surface area contributed by atoms with Gasteiger partial charge in [0.25, 0.3) is 0 Å². The minimum absolute atomic E-state index is 0.0713. The van der Waals surface area contributed by atoms with Gasteiger partial charge in [0.05, 0.1) is 10.3 Å². The Bertz CT molecular complexity index is 434. The highest BCUT2D eigenvalue weighted by atomic mass is 79.9. The lowest BCUT2D eigenvalue weighted by Crippen LogP contribution is -2.09. The Hall–Kier alpha value is -1.30. The first-order chi connectivity index (χ1) is 6.99. The molecular formula is C9H7BrFNO3. The highest BCUT2D eigenvalue weighted by molar-refractivity contribution is 9.09. The van der Waals surface area contributed by atoms with Crippen LogP contribution in [-0.4, -0.2) is 16.0 Å². The fraction of sp³-hybridized carbons (Fsp3) is 0.222. The summed E-state index contributed by atoms with van der Waals surface area (Å²) in [6.07, 6.45) is 0. The first kappa shape index (κ1) is 11.8. The maximum atomic E-state index is 13.2. The Morgan fingerprint density at radius 2 is 2.20 bits per heavy atom. The third-order valence-electron chi connectivity index (χ3n) is 1.92. The van der Waals surface area contributed by atoms with Gasteiger partial charge in [0.15, 0.2) is 5.78 Å². The van der Waals surface area contributed by atoms with E-state index in [1.165, 1.54) is 13.0 Å². The second-order valence-corrected chi connectivity index (χ2v) is 3.46. The molecule has 0 N–H and O–H groups in total. The van der Waals surface area contributed by atoms with Crippen molar-refractivity contribution in [1.82, 2.24) is 0 Å². The first-order valence-electron chi connectivity index (χ1n) is 4.01. The molecule has 6 heteroatoms. The zero-order valence-corrected chi connectivity index (χ0v) is 9.38. The molecule has 0 unspecified atom stereocenters. The van der Waals surface area contributed by atoms with Crippen molar-refractivity contribution < 1.29 is 14.1 Å². The van der Waals surface area contributed by atoms with Crippen LogP contribution in [0.25, 0.3) is 0 Å². The molecule has 0 spiro atoms. The SMILES string of the molecule is Cc1ccc(F)c([N+](=O)[O-])c1C(=O)CBr. The van der Waals surface area contributed by atoms with E-state index in [9.17, 15) is 19.3 Å². The minimum atomic E-state index is -0.991. The smallest absolute Gasteiger partial charge is 0.293 e. The highest BCUT2D eigenvalue weighted by Gasteiger charge is 2.26. The number of hydrogen-bond acceptors (Lipinski definition) is 3. The molecule has 0 aromatic heterocycles. The van der Waals surface area contributed by atoms with E-state index in [1.54, 1.807) is 0 Å². The largest absolute Gasteiger partial charge is 0.315 e. The summed E-state index contributed by atoms with van der Waals surface area (Å²) in [7, 11) is 0. The predicted molar refractivity (Wildman–Crippen MR) is 55.9 cm³/mol. The molecule has 0 aliphatic carbocycles. The minimum Gasteiger partial charge on any atom is -0.293 e. The van der Waals surface area contributed by atoms with Crippen LogP contribution >= 0.6 is 15.9 Å². The molecule has 0 fully saturated rings. The number of benzene rings is 1. The molecule has 0 saturated heterocycles. The van der Waals surface area contributed by atoms with Crippen molar-refractivity contribution in [2.75, 3.05) is 5.33 Å². The molecule has 0 aliphatic rings. The van der Waals surface area contributed by atoms with Gasteiger partial charge >= 0.3 is 5.69 Å². The van der Waals surface area contributed by atoms with Crippen molar-refractivity contribution >= 4 is 27.4 Å². The molecule has 80 valence electrons. The van der Waals surface area contributed by atoms with Crippen LogP contribution in [0.1, 0.15) is 15.9 Å². The van der Waals surface area contributed by atoms with Crippen LogP contribution in [0.2, 0.25) is 0 Å². The third-order valence-corrected chi connectivity index (χ3v) is 2.43. The summed E-state index contributed by atoms with van der Waals surface area (Å²) in [6, 6.07) is 2.33. The molecule has 0 heterocycles. The maximum Gasteiger partial charge on any atom is 0.315 e. The van der Waals surface area contributed by atoms with Crippen LogP contribution < -0.4 is 0 Å². The number of ketones is 1. The lowest BCUT2D eigenvalue weighted by atomic mass is 10.0. The lowest BCUT2D eigenvalue weighted by Gasteiger charge is -2.04. The number of carbonyl (C=O) groups excluding carboxylic acids is 1. The summed E-state index contributed by atoms with van der Waals surface area (Å²) < 4.78 is 13.2. The normalized spacial score (nSPS) is 10.1. The van der Waals surface area contributed by atoms with E-state index in [0.29, 0.717) is 5.56 Å². The van der Waals surface area contributed by atoms with Gasteiger partial charge in [0.1, 0.15) is 5.56 Å². The van der Waals surface area contributed by atoms with Crippen molar-refractivity contribution in [1.29, 1.82) is 0 Å². The summed E-state index contributed by atoms with van der Waals surface area (Å²) in [6.45, 7) is 1.53. The van der Waals surface area contributed by atoms with Crippen molar-refractivity contribution in [3.05, 3.63) is 39.2 Å². The number of Topliss-reactive ketones (excluding diaryl/α,β-unsaturated/α-hetero) is 1. The van der Waals surface area contributed by atoms with Crippen LogP contribution in [0, 0.1) is 22.9 Å². The number of alkyl halides is 1. The van der Waals surface area contributed by atoms with Crippen molar-refractivity contribution in [2.45, 2.75) is 6.92 Å². The van der Waals surface area contributed by atoms with Crippen LogP contribution in [0.5, 0.6) is 0 Å². The zero-order valence-electron chi connectivity index (χ0n) is 7.79. The molecular weight excluding hydrogens is 269 g/mol. The van der Waals surface area contributed by atoms with Gasteiger partial charge in [-0.25, -0.2) is 0 Å². The molecule has 0 amide bonds. The number of nitro groups is 1. The summed E-state index contributed by atoms with van der Waals surface area (Å²) in [4.78, 5) is 21.1. The molecule has 1 aromatic carbocycles. The van der Waals surface area contributed by atoms with Crippen LogP contribution in [-0.2, 0) is 0 Å². The second-order valence-electron chi connectivity index (χ2n) is 2.90. The van der Waals surface area contributed by atoms with Crippen molar-refractivity contribution in [3.8, 4) is 0 Å². The Morgan fingerprint density at radius 3 is 2.67 bits per heavy atom. The van der Waals surface area contributed by atoms with Crippen molar-refractivity contribution in [3.63, 3.8) is 0 Å². The van der Waals surface area contributed by atoms with E-state index in [2.05, 4.69) is 15.9 Å². The average molecular weight is 276 g/mol. The summed E-state index contributed by atoms with van der Waals surface area (Å²) in [5.41, 5.74) is -0.524. The van der Waals surface area contributed by atoms with Gasteiger partial charge in [-0.3, -0.25) is 14.9 Å². The van der Waals surface area contributed by atoms with E-state index < -0.39 is 22.2 Å². The third kappa shape index (κ3) is 2.20. The number of aryl methyl sites for hydroxylation is 1. The Balaban J connectivity index is 3.52. The van der Waals surface area contributed by atoms with Gasteiger partial charge < -0.3 is 0 Å². The van der Waals surface area contributed by atoms with Crippen molar-refractivity contribution in [2.24, 2.45) is 0 Å². The molecule has 15 heavy (non-hydrogen) atoms.